The Morgan fingerprint density at radius 1 is 1.09 bits per heavy atom. The molecule has 1 aromatic heterocycles. The van der Waals surface area contributed by atoms with Crippen LogP contribution in [0.5, 0.6) is 5.75 Å². The molecule has 2 atom stereocenters. The Morgan fingerprint density at radius 3 is 2.50 bits per heavy atom. The molecule has 2 aromatic rings. The van der Waals surface area contributed by atoms with Crippen molar-refractivity contribution in [2.24, 2.45) is 7.05 Å². The van der Waals surface area contributed by atoms with Crippen LogP contribution in [-0.4, -0.2) is 83.4 Å². The van der Waals surface area contributed by atoms with E-state index in [-0.39, 0.29) is 30.8 Å². The molecule has 0 saturated carbocycles. The van der Waals surface area contributed by atoms with E-state index in [9.17, 15) is 19.2 Å². The summed E-state index contributed by atoms with van der Waals surface area (Å²) in [5.41, 5.74) is 0.914. The average molecular weight is 468 g/mol. The predicted molar refractivity (Wildman–Crippen MR) is 123 cm³/mol. The maximum atomic E-state index is 13.3. The molecule has 2 saturated heterocycles. The summed E-state index contributed by atoms with van der Waals surface area (Å²) in [6, 6.07) is 8.58. The van der Waals surface area contributed by atoms with Gasteiger partial charge in [0.25, 0.3) is 11.8 Å². The zero-order valence-corrected chi connectivity index (χ0v) is 19.3. The van der Waals surface area contributed by atoms with E-state index in [0.29, 0.717) is 36.5 Å². The van der Waals surface area contributed by atoms with Crippen molar-refractivity contribution in [3.63, 3.8) is 0 Å². The molecule has 0 spiro atoms. The number of aromatic nitrogens is 1. The van der Waals surface area contributed by atoms with E-state index in [1.54, 1.807) is 66.2 Å². The topological polar surface area (TPSA) is 113 Å². The Hall–Kier alpha value is -3.82. The molecule has 10 nitrogen and oxygen atoms in total. The van der Waals surface area contributed by atoms with E-state index >= 15 is 0 Å². The lowest BCUT2D eigenvalue weighted by Gasteiger charge is -2.41. The highest BCUT2D eigenvalue weighted by atomic mass is 16.5. The SMILES string of the molecule is COc1ccc(C(=O)N2CCN(C(=O)c3cccn3C)C[C@@H]2C(=O)N[C@@H]2CCCNC2=O)cc1. The van der Waals surface area contributed by atoms with Crippen molar-refractivity contribution in [2.45, 2.75) is 24.9 Å². The fourth-order valence-electron chi connectivity index (χ4n) is 4.36. The molecule has 0 bridgehead atoms. The number of rotatable bonds is 5. The molecule has 2 N–H and O–H groups in total. The Morgan fingerprint density at radius 2 is 1.85 bits per heavy atom. The van der Waals surface area contributed by atoms with E-state index in [0.717, 1.165) is 6.42 Å². The summed E-state index contributed by atoms with van der Waals surface area (Å²) in [5.74, 6) is -0.597. The number of hydrogen-bond acceptors (Lipinski definition) is 5. The summed E-state index contributed by atoms with van der Waals surface area (Å²) >= 11 is 0. The first-order valence-electron chi connectivity index (χ1n) is 11.3. The first kappa shape index (κ1) is 23.3. The first-order chi connectivity index (χ1) is 16.4. The number of ether oxygens (including phenoxy) is 1. The van der Waals surface area contributed by atoms with Crippen LogP contribution in [0.1, 0.15) is 33.7 Å². The van der Waals surface area contributed by atoms with Crippen molar-refractivity contribution in [1.82, 2.24) is 25.0 Å². The maximum Gasteiger partial charge on any atom is 0.270 e. The van der Waals surface area contributed by atoms with Crippen molar-refractivity contribution in [3.8, 4) is 5.75 Å². The summed E-state index contributed by atoms with van der Waals surface area (Å²) in [6.07, 6.45) is 3.07. The molecule has 4 amide bonds. The number of aryl methyl sites for hydroxylation is 1. The van der Waals surface area contributed by atoms with Gasteiger partial charge in [-0.25, -0.2) is 0 Å². The molecular weight excluding hydrogens is 438 g/mol. The Balaban J connectivity index is 1.57. The molecule has 180 valence electrons. The Labute approximate surface area is 197 Å². The van der Waals surface area contributed by atoms with Gasteiger partial charge >= 0.3 is 0 Å². The third-order valence-electron chi connectivity index (χ3n) is 6.33. The Kier molecular flexibility index (Phi) is 6.85. The molecule has 0 unspecified atom stereocenters. The van der Waals surface area contributed by atoms with Crippen LogP contribution in [-0.2, 0) is 16.6 Å². The summed E-state index contributed by atoms with van der Waals surface area (Å²) < 4.78 is 6.88. The number of piperidine rings is 1. The second kappa shape index (κ2) is 9.98. The molecular formula is C24H29N5O5. The summed E-state index contributed by atoms with van der Waals surface area (Å²) in [5, 5.41) is 5.54. The lowest BCUT2D eigenvalue weighted by Crippen LogP contribution is -2.63. The van der Waals surface area contributed by atoms with Gasteiger partial charge in [0.1, 0.15) is 23.5 Å². The van der Waals surface area contributed by atoms with Gasteiger partial charge < -0.3 is 29.7 Å². The average Bonchev–Trinajstić information content (AvgIpc) is 3.30. The van der Waals surface area contributed by atoms with Crippen LogP contribution >= 0.6 is 0 Å². The number of benzene rings is 1. The number of piperazine rings is 1. The smallest absolute Gasteiger partial charge is 0.270 e. The highest BCUT2D eigenvalue weighted by Gasteiger charge is 2.39. The Bertz CT molecular complexity index is 1080. The summed E-state index contributed by atoms with van der Waals surface area (Å²) in [4.78, 5) is 55.0. The second-order valence-corrected chi connectivity index (χ2v) is 8.49. The van der Waals surface area contributed by atoms with Crippen LogP contribution in [0.4, 0.5) is 0 Å². The molecule has 3 heterocycles. The van der Waals surface area contributed by atoms with Gasteiger partial charge in [0.05, 0.1) is 13.7 Å². The molecule has 10 heteroatoms. The minimum absolute atomic E-state index is 0.0338. The van der Waals surface area contributed by atoms with E-state index in [4.69, 9.17) is 4.74 Å². The molecule has 1 aromatic carbocycles. The highest BCUT2D eigenvalue weighted by molar-refractivity contribution is 6.00. The fraction of sp³-hybridized carbons (Fsp3) is 0.417. The van der Waals surface area contributed by atoms with Crippen LogP contribution in [0.15, 0.2) is 42.6 Å². The minimum atomic E-state index is -0.928. The standard InChI is InChI=1S/C24H29N5O5/c1-27-12-4-6-19(27)24(33)28-13-14-29(23(32)16-7-9-17(34-2)10-8-16)20(15-28)22(31)26-18-5-3-11-25-21(18)30/h4,6-10,12,18,20H,3,5,11,13-15H2,1-2H3,(H,25,30)(H,26,31)/t18-,20-/m1/s1. The molecule has 0 radical (unpaired) electrons. The van der Waals surface area contributed by atoms with Gasteiger partial charge in [0.2, 0.25) is 11.8 Å². The number of amides is 4. The van der Waals surface area contributed by atoms with E-state index in [1.165, 1.54) is 4.90 Å². The van der Waals surface area contributed by atoms with Crippen LogP contribution in [0.25, 0.3) is 0 Å². The largest absolute Gasteiger partial charge is 0.497 e. The quantitative estimate of drug-likeness (QED) is 0.661. The van der Waals surface area contributed by atoms with E-state index < -0.39 is 18.0 Å². The number of carbonyl (C=O) groups is 4. The van der Waals surface area contributed by atoms with Gasteiger partial charge in [-0.1, -0.05) is 0 Å². The lowest BCUT2D eigenvalue weighted by molar-refractivity contribution is -0.133. The monoisotopic (exact) mass is 467 g/mol. The summed E-state index contributed by atoms with van der Waals surface area (Å²) in [7, 11) is 3.32. The number of methoxy groups -OCH3 is 1. The lowest BCUT2D eigenvalue weighted by atomic mass is 10.0. The summed E-state index contributed by atoms with van der Waals surface area (Å²) in [6.45, 7) is 1.09. The molecule has 34 heavy (non-hydrogen) atoms. The van der Waals surface area contributed by atoms with Gasteiger partial charge in [-0.05, 0) is 49.2 Å². The van der Waals surface area contributed by atoms with Crippen LogP contribution in [0, 0.1) is 0 Å². The van der Waals surface area contributed by atoms with Crippen LogP contribution in [0.3, 0.4) is 0 Å². The maximum absolute atomic E-state index is 13.3. The molecule has 0 aliphatic carbocycles. The normalized spacial score (nSPS) is 20.5. The predicted octanol–water partition coefficient (Wildman–Crippen LogP) is 0.395. The van der Waals surface area contributed by atoms with Crippen molar-refractivity contribution in [1.29, 1.82) is 0 Å². The van der Waals surface area contributed by atoms with Crippen LogP contribution < -0.4 is 15.4 Å². The van der Waals surface area contributed by atoms with Gasteiger partial charge in [-0.15, -0.1) is 0 Å². The van der Waals surface area contributed by atoms with Crippen molar-refractivity contribution >= 4 is 23.6 Å². The molecule has 2 aliphatic rings. The van der Waals surface area contributed by atoms with Crippen molar-refractivity contribution in [3.05, 3.63) is 53.9 Å². The third kappa shape index (κ3) is 4.75. The number of hydrogen-bond donors (Lipinski definition) is 2. The zero-order chi connectivity index (χ0) is 24.2. The zero-order valence-electron chi connectivity index (χ0n) is 19.3. The number of nitrogens with zero attached hydrogens (tertiary/aromatic N) is 3. The van der Waals surface area contributed by atoms with Gasteiger partial charge in [0.15, 0.2) is 0 Å². The second-order valence-electron chi connectivity index (χ2n) is 8.49. The molecule has 2 fully saturated rings. The third-order valence-corrected chi connectivity index (χ3v) is 6.33. The van der Waals surface area contributed by atoms with E-state index in [1.807, 2.05) is 0 Å². The fourth-order valence-corrected chi connectivity index (χ4v) is 4.36. The van der Waals surface area contributed by atoms with Crippen molar-refractivity contribution in [2.75, 3.05) is 33.3 Å². The van der Waals surface area contributed by atoms with Crippen LogP contribution in [0.2, 0.25) is 0 Å². The molecule has 2 aliphatic heterocycles. The van der Waals surface area contributed by atoms with E-state index in [2.05, 4.69) is 10.6 Å². The number of carbonyl (C=O) groups excluding carboxylic acids is 4. The van der Waals surface area contributed by atoms with Crippen molar-refractivity contribution < 1.29 is 23.9 Å². The van der Waals surface area contributed by atoms with Gasteiger partial charge in [-0.3, -0.25) is 19.2 Å². The van der Waals surface area contributed by atoms with Gasteiger partial charge in [0, 0.05) is 38.4 Å². The minimum Gasteiger partial charge on any atom is -0.497 e. The number of nitrogens with one attached hydrogen (secondary N) is 2. The molecule has 4 rings (SSSR count). The highest BCUT2D eigenvalue weighted by Crippen LogP contribution is 2.19. The van der Waals surface area contributed by atoms with Gasteiger partial charge in [-0.2, -0.15) is 0 Å². The first-order valence-corrected chi connectivity index (χ1v) is 11.3.